The van der Waals surface area contributed by atoms with Crippen molar-refractivity contribution in [1.82, 2.24) is 4.98 Å². The highest BCUT2D eigenvalue weighted by Crippen LogP contribution is 2.31. The quantitative estimate of drug-likeness (QED) is 0.628. The average Bonchev–Trinajstić information content (AvgIpc) is 3.06. The van der Waals surface area contributed by atoms with Crippen LogP contribution < -0.4 is 14.5 Å². The minimum atomic E-state index is -0.0993. The molecular formula is C20H23ClN3O2S+. The summed E-state index contributed by atoms with van der Waals surface area (Å²) < 4.78 is 6.62. The summed E-state index contributed by atoms with van der Waals surface area (Å²) in [5.41, 5.74) is 0.847. The van der Waals surface area contributed by atoms with Gasteiger partial charge in [0.2, 0.25) is 0 Å². The second kappa shape index (κ2) is 9.17. The monoisotopic (exact) mass is 404 g/mol. The molecule has 142 valence electrons. The summed E-state index contributed by atoms with van der Waals surface area (Å²) in [7, 11) is 4.20. The minimum Gasteiger partial charge on any atom is -0.484 e. The number of thiazole rings is 1. The summed E-state index contributed by atoms with van der Waals surface area (Å²) in [4.78, 5) is 20.6. The summed E-state index contributed by atoms with van der Waals surface area (Å²) in [6.45, 7) is 1.56. The molecule has 1 aromatic heterocycles. The van der Waals surface area contributed by atoms with E-state index >= 15 is 0 Å². The molecule has 0 aliphatic rings. The van der Waals surface area contributed by atoms with Gasteiger partial charge in [-0.3, -0.25) is 9.69 Å². The topological polar surface area (TPSA) is 46.9 Å². The van der Waals surface area contributed by atoms with Crippen molar-refractivity contribution in [2.24, 2.45) is 0 Å². The van der Waals surface area contributed by atoms with E-state index in [1.165, 1.54) is 16.2 Å². The maximum absolute atomic E-state index is 12.9. The third-order valence-corrected chi connectivity index (χ3v) is 5.31. The van der Waals surface area contributed by atoms with Crippen LogP contribution in [-0.4, -0.2) is 44.7 Å². The van der Waals surface area contributed by atoms with Gasteiger partial charge in [-0.15, -0.1) is 0 Å². The predicted octanol–water partition coefficient (Wildman–Crippen LogP) is 2.90. The van der Waals surface area contributed by atoms with Crippen LogP contribution in [0.4, 0.5) is 5.13 Å². The van der Waals surface area contributed by atoms with Gasteiger partial charge in [-0.1, -0.05) is 41.1 Å². The number of nitrogens with one attached hydrogen (secondary N) is 1. The summed E-state index contributed by atoms with van der Waals surface area (Å²) in [5, 5.41) is 1.35. The predicted molar refractivity (Wildman–Crippen MR) is 111 cm³/mol. The van der Waals surface area contributed by atoms with Crippen LogP contribution in [0.1, 0.15) is 6.42 Å². The fraction of sp³-hybridized carbons (Fsp3) is 0.300. The second-order valence-corrected chi connectivity index (χ2v) is 8.01. The number of fused-ring (bicyclic) bond motifs is 1. The van der Waals surface area contributed by atoms with Gasteiger partial charge in [-0.05, 0) is 30.3 Å². The van der Waals surface area contributed by atoms with E-state index in [0.717, 1.165) is 23.2 Å². The molecule has 0 atom stereocenters. The summed E-state index contributed by atoms with van der Waals surface area (Å²) in [6.07, 6.45) is 0.885. The van der Waals surface area contributed by atoms with Gasteiger partial charge in [0.1, 0.15) is 5.75 Å². The Morgan fingerprint density at radius 2 is 2.00 bits per heavy atom. The molecule has 0 fully saturated rings. The van der Waals surface area contributed by atoms with Crippen LogP contribution in [0.25, 0.3) is 10.2 Å². The van der Waals surface area contributed by atoms with Crippen LogP contribution in [-0.2, 0) is 4.79 Å². The fourth-order valence-electron chi connectivity index (χ4n) is 2.66. The molecule has 0 bridgehead atoms. The Bertz CT molecular complexity index is 899. The van der Waals surface area contributed by atoms with Crippen LogP contribution in [0.2, 0.25) is 5.02 Å². The number of ether oxygens (including phenoxy) is 1. The molecule has 27 heavy (non-hydrogen) atoms. The Balaban J connectivity index is 1.77. The summed E-state index contributed by atoms with van der Waals surface area (Å²) >= 11 is 7.56. The van der Waals surface area contributed by atoms with Crippen LogP contribution in [0.5, 0.6) is 5.75 Å². The first kappa shape index (κ1) is 19.6. The molecule has 0 radical (unpaired) electrons. The molecule has 5 nitrogen and oxygen atoms in total. The van der Waals surface area contributed by atoms with Crippen molar-refractivity contribution in [3.63, 3.8) is 0 Å². The third kappa shape index (κ3) is 5.42. The van der Waals surface area contributed by atoms with E-state index in [-0.39, 0.29) is 12.5 Å². The lowest BCUT2D eigenvalue weighted by molar-refractivity contribution is -0.858. The minimum absolute atomic E-state index is 0.0183. The molecular weight excluding hydrogens is 382 g/mol. The van der Waals surface area contributed by atoms with Crippen molar-refractivity contribution < 1.29 is 14.4 Å². The van der Waals surface area contributed by atoms with E-state index in [2.05, 4.69) is 19.1 Å². The first-order valence-corrected chi connectivity index (χ1v) is 10.1. The Morgan fingerprint density at radius 1 is 1.22 bits per heavy atom. The van der Waals surface area contributed by atoms with Crippen LogP contribution in [0.15, 0.2) is 48.5 Å². The van der Waals surface area contributed by atoms with Gasteiger partial charge in [0.25, 0.3) is 5.91 Å². The molecule has 0 saturated carbocycles. The molecule has 0 spiro atoms. The van der Waals surface area contributed by atoms with Crippen LogP contribution in [0, 0.1) is 0 Å². The van der Waals surface area contributed by atoms with E-state index in [4.69, 9.17) is 16.3 Å². The van der Waals surface area contributed by atoms with Gasteiger partial charge in [0, 0.05) is 18.0 Å². The number of nitrogens with zero attached hydrogens (tertiary/aromatic N) is 2. The standard InChI is InChI=1S/C20H22ClN3O2S/c1-23(2)11-6-12-24(19(25)14-26-16-7-4-3-5-8-16)20-22-17-10-9-15(21)13-18(17)27-20/h3-5,7-10,13H,6,11-12,14H2,1-2H3/p+1. The number of anilines is 1. The molecule has 2 aromatic carbocycles. The molecule has 1 heterocycles. The van der Waals surface area contributed by atoms with Crippen LogP contribution >= 0.6 is 22.9 Å². The molecule has 3 aromatic rings. The largest absolute Gasteiger partial charge is 0.484 e. The Labute approximate surface area is 168 Å². The smallest absolute Gasteiger partial charge is 0.266 e. The van der Waals surface area contributed by atoms with Crippen molar-refractivity contribution in [2.75, 3.05) is 38.7 Å². The zero-order chi connectivity index (χ0) is 19.2. The zero-order valence-electron chi connectivity index (χ0n) is 15.4. The maximum Gasteiger partial charge on any atom is 0.266 e. The number of carbonyl (C=O) groups is 1. The zero-order valence-corrected chi connectivity index (χ0v) is 17.0. The average molecular weight is 405 g/mol. The fourth-order valence-corrected chi connectivity index (χ4v) is 3.94. The lowest BCUT2D eigenvalue weighted by Crippen LogP contribution is -3.05. The van der Waals surface area contributed by atoms with Crippen molar-refractivity contribution >= 4 is 44.2 Å². The number of para-hydroxylation sites is 1. The highest BCUT2D eigenvalue weighted by molar-refractivity contribution is 7.22. The first-order valence-electron chi connectivity index (χ1n) is 8.86. The number of aromatic nitrogens is 1. The van der Waals surface area contributed by atoms with E-state index in [0.29, 0.717) is 22.4 Å². The number of amides is 1. The Hall–Kier alpha value is -2.15. The maximum atomic E-state index is 12.9. The lowest BCUT2D eigenvalue weighted by Gasteiger charge is -2.20. The summed E-state index contributed by atoms with van der Waals surface area (Å²) in [6, 6.07) is 14.9. The molecule has 0 aliphatic carbocycles. The van der Waals surface area contributed by atoms with Gasteiger partial charge >= 0.3 is 0 Å². The summed E-state index contributed by atoms with van der Waals surface area (Å²) in [5.74, 6) is 0.581. The third-order valence-electron chi connectivity index (χ3n) is 4.04. The normalized spacial score (nSPS) is 11.1. The second-order valence-electron chi connectivity index (χ2n) is 6.57. The number of benzene rings is 2. The first-order chi connectivity index (χ1) is 13.0. The van der Waals surface area contributed by atoms with E-state index in [1.54, 1.807) is 4.90 Å². The van der Waals surface area contributed by atoms with Gasteiger partial charge in [-0.2, -0.15) is 0 Å². The molecule has 0 aliphatic heterocycles. The number of hydrogen-bond acceptors (Lipinski definition) is 4. The number of halogens is 1. The Kier molecular flexibility index (Phi) is 6.66. The highest BCUT2D eigenvalue weighted by atomic mass is 35.5. The number of quaternary nitrogens is 1. The molecule has 3 rings (SSSR count). The Morgan fingerprint density at radius 3 is 2.74 bits per heavy atom. The van der Waals surface area contributed by atoms with Crippen molar-refractivity contribution in [1.29, 1.82) is 0 Å². The number of hydrogen-bond donors (Lipinski definition) is 1. The van der Waals surface area contributed by atoms with E-state index in [9.17, 15) is 4.79 Å². The van der Waals surface area contributed by atoms with Crippen molar-refractivity contribution in [3.05, 3.63) is 53.6 Å². The highest BCUT2D eigenvalue weighted by Gasteiger charge is 2.20. The molecule has 0 unspecified atom stereocenters. The lowest BCUT2D eigenvalue weighted by atomic mass is 10.3. The molecule has 1 N–H and O–H groups in total. The number of rotatable bonds is 8. The van der Waals surface area contributed by atoms with Gasteiger partial charge < -0.3 is 9.64 Å². The molecule has 7 heteroatoms. The van der Waals surface area contributed by atoms with Gasteiger partial charge in [-0.25, -0.2) is 4.98 Å². The van der Waals surface area contributed by atoms with E-state index < -0.39 is 0 Å². The van der Waals surface area contributed by atoms with Crippen LogP contribution in [0.3, 0.4) is 0 Å². The SMILES string of the molecule is C[NH+](C)CCCN(C(=O)COc1ccccc1)c1nc2ccc(Cl)cc2s1. The van der Waals surface area contributed by atoms with Crippen molar-refractivity contribution in [3.8, 4) is 5.75 Å². The molecule has 0 saturated heterocycles. The number of carbonyl (C=O) groups excluding carboxylic acids is 1. The van der Waals surface area contributed by atoms with Crippen molar-refractivity contribution in [2.45, 2.75) is 6.42 Å². The van der Waals surface area contributed by atoms with Gasteiger partial charge in [0.15, 0.2) is 11.7 Å². The molecule has 1 amide bonds. The van der Waals surface area contributed by atoms with Gasteiger partial charge in [0.05, 0.1) is 30.9 Å². The van der Waals surface area contributed by atoms with E-state index in [1.807, 2.05) is 48.5 Å².